The first-order valence-electron chi connectivity index (χ1n) is 3.57. The Hall–Kier alpha value is -1.21. The van der Waals surface area contributed by atoms with Crippen LogP contribution in [0.25, 0.3) is 6.08 Å². The molecule has 0 spiro atoms. The van der Waals surface area contributed by atoms with Crippen molar-refractivity contribution in [2.75, 3.05) is 0 Å². The van der Waals surface area contributed by atoms with E-state index in [1.807, 2.05) is 0 Å². The minimum absolute atomic E-state index is 0.792. The Morgan fingerprint density at radius 2 is 1.92 bits per heavy atom. The van der Waals surface area contributed by atoms with Gasteiger partial charge in [-0.25, -0.2) is 0 Å². The van der Waals surface area contributed by atoms with Crippen molar-refractivity contribution in [2.24, 2.45) is 0 Å². The van der Waals surface area contributed by atoms with E-state index in [2.05, 4.69) is 0 Å². The number of rotatable bonds is 3. The van der Waals surface area contributed by atoms with Gasteiger partial charge >= 0.3 is 81.6 Å². The molecule has 0 fully saturated rings. The fraction of sp³-hybridized carbons (Fsp3) is 0. The zero-order valence-corrected chi connectivity index (χ0v) is 8.55. The monoisotopic (exact) mass is 238 g/mol. The van der Waals surface area contributed by atoms with Gasteiger partial charge in [0.25, 0.3) is 0 Å². The second kappa shape index (κ2) is 4.73. The molecule has 0 amide bonds. The Balaban J connectivity index is 2.80. The van der Waals surface area contributed by atoms with E-state index in [-0.39, 0.29) is 0 Å². The van der Waals surface area contributed by atoms with Gasteiger partial charge in [-0.15, -0.1) is 0 Å². The summed E-state index contributed by atoms with van der Waals surface area (Å²) in [6.07, 6.45) is 2.56. The van der Waals surface area contributed by atoms with Crippen molar-refractivity contribution in [1.82, 2.24) is 0 Å². The summed E-state index contributed by atoms with van der Waals surface area (Å²) in [6.45, 7) is 0. The van der Waals surface area contributed by atoms with Gasteiger partial charge in [0.15, 0.2) is 0 Å². The molecule has 1 aromatic rings. The Labute approximate surface area is 82.0 Å². The van der Waals surface area contributed by atoms with Gasteiger partial charge in [0.2, 0.25) is 0 Å². The molecule has 1 aromatic carbocycles. The quantitative estimate of drug-likeness (QED) is 0.614. The van der Waals surface area contributed by atoms with Crippen molar-refractivity contribution in [3.8, 4) is 0 Å². The van der Waals surface area contributed by atoms with Crippen LogP contribution < -0.4 is 4.35 Å². The zero-order chi connectivity index (χ0) is 9.68. The number of hydrogen-bond donors (Lipinski definition) is 1. The molecule has 0 aliphatic heterocycles. The van der Waals surface area contributed by atoms with E-state index in [0.29, 0.717) is 0 Å². The summed E-state index contributed by atoms with van der Waals surface area (Å²) < 4.78 is 11.3. The summed E-state index contributed by atoms with van der Waals surface area (Å²) in [7, 11) is 0. The zero-order valence-electron chi connectivity index (χ0n) is 6.68. The van der Waals surface area contributed by atoms with Crippen LogP contribution in [-0.4, -0.2) is 26.8 Å². The van der Waals surface area contributed by atoms with Gasteiger partial charge in [0, 0.05) is 0 Å². The van der Waals surface area contributed by atoms with E-state index in [4.69, 9.17) is 5.11 Å². The van der Waals surface area contributed by atoms with Gasteiger partial charge in [0.1, 0.15) is 0 Å². The van der Waals surface area contributed by atoms with Gasteiger partial charge in [-0.3, -0.25) is 0 Å². The fourth-order valence-electron chi connectivity index (χ4n) is 0.814. The second-order valence-electron chi connectivity index (χ2n) is 2.35. The van der Waals surface area contributed by atoms with Crippen molar-refractivity contribution in [2.45, 2.75) is 0 Å². The van der Waals surface area contributed by atoms with Crippen LogP contribution in [0.1, 0.15) is 5.56 Å². The molecule has 0 aliphatic carbocycles. The first-order valence-corrected chi connectivity index (χ1v) is 5.27. The molecule has 1 rings (SSSR count). The minimum atomic E-state index is -0.988. The number of aliphatic carboxylic acids is 1. The molecule has 0 aromatic heterocycles. The molecule has 0 unspecified atom stereocenters. The van der Waals surface area contributed by atoms with Gasteiger partial charge in [-0.05, 0) is 0 Å². The van der Waals surface area contributed by atoms with Gasteiger partial charge in [-0.1, -0.05) is 0 Å². The second-order valence-corrected chi connectivity index (χ2v) is 3.82. The van der Waals surface area contributed by atoms with Crippen LogP contribution in [0.5, 0.6) is 0 Å². The van der Waals surface area contributed by atoms with Gasteiger partial charge < -0.3 is 0 Å². The molecule has 0 bridgehead atoms. The molecule has 0 saturated heterocycles. The summed E-state index contributed by atoms with van der Waals surface area (Å²) in [5.74, 6) is -0.973. The summed E-state index contributed by atoms with van der Waals surface area (Å²) >= 11 is -0.988. The molecule has 4 heteroatoms. The SMILES string of the molecule is O=[As]c1ccc(/C=C/C(=O)O)cc1. The maximum atomic E-state index is 10.5. The molecule has 0 atom stereocenters. The van der Waals surface area contributed by atoms with E-state index in [9.17, 15) is 8.53 Å². The number of carbonyl (C=O) groups is 1. The molecule has 0 saturated carbocycles. The molecular weight excluding hydrogens is 231 g/mol. The van der Waals surface area contributed by atoms with Crippen LogP contribution in [0.3, 0.4) is 0 Å². The Kier molecular flexibility index (Phi) is 3.59. The van der Waals surface area contributed by atoms with E-state index in [1.54, 1.807) is 24.3 Å². The van der Waals surface area contributed by atoms with Crippen molar-refractivity contribution < 1.29 is 13.6 Å². The average Bonchev–Trinajstić information content (AvgIpc) is 2.15. The molecule has 0 heterocycles. The molecule has 13 heavy (non-hydrogen) atoms. The predicted octanol–water partition coefficient (Wildman–Crippen LogP) is 0.459. The maximum absolute atomic E-state index is 10.5. The fourth-order valence-corrected chi connectivity index (χ4v) is 1.38. The topological polar surface area (TPSA) is 54.4 Å². The van der Waals surface area contributed by atoms with E-state index >= 15 is 0 Å². The molecule has 66 valence electrons. The van der Waals surface area contributed by atoms with Crippen LogP contribution in [-0.2, 0) is 8.53 Å². The molecule has 0 aliphatic rings. The summed E-state index contributed by atoms with van der Waals surface area (Å²) in [6, 6.07) is 6.94. The Bertz CT molecular complexity index is 340. The summed E-state index contributed by atoms with van der Waals surface area (Å²) in [4.78, 5) is 10.2. The Morgan fingerprint density at radius 3 is 2.38 bits per heavy atom. The van der Waals surface area contributed by atoms with Crippen LogP contribution in [0.15, 0.2) is 30.3 Å². The Morgan fingerprint density at radius 1 is 1.31 bits per heavy atom. The van der Waals surface area contributed by atoms with Gasteiger partial charge in [-0.2, -0.15) is 0 Å². The van der Waals surface area contributed by atoms with Gasteiger partial charge in [0.05, 0.1) is 0 Å². The van der Waals surface area contributed by atoms with Crippen molar-refractivity contribution in [3.05, 3.63) is 35.9 Å². The normalized spacial score (nSPS) is 10.8. The predicted molar refractivity (Wildman–Crippen MR) is 49.2 cm³/mol. The average molecular weight is 238 g/mol. The van der Waals surface area contributed by atoms with E-state index in [1.165, 1.54) is 6.08 Å². The third-order valence-electron chi connectivity index (χ3n) is 1.42. The summed E-state index contributed by atoms with van der Waals surface area (Å²) in [5.41, 5.74) is 0.792. The van der Waals surface area contributed by atoms with Crippen LogP contribution >= 0.6 is 0 Å². The standard InChI is InChI=1S/C9H7AsO3/c11-9(12)6-3-7-1-4-8(10-13)5-2-7/h1-6H,(H,11,12)/b6-3+. The summed E-state index contributed by atoms with van der Waals surface area (Å²) in [5, 5.41) is 8.34. The number of hydrogen-bond acceptors (Lipinski definition) is 2. The van der Waals surface area contributed by atoms with Crippen molar-refractivity contribution >= 4 is 32.1 Å². The third-order valence-corrected chi connectivity index (χ3v) is 2.48. The number of carboxylic acids is 1. The molecule has 0 radical (unpaired) electrons. The van der Waals surface area contributed by atoms with Crippen molar-refractivity contribution in [1.29, 1.82) is 0 Å². The first kappa shape index (κ1) is 9.87. The van der Waals surface area contributed by atoms with Crippen LogP contribution in [0, 0.1) is 0 Å². The molecular formula is C9H7AsO3. The molecule has 1 N–H and O–H groups in total. The van der Waals surface area contributed by atoms with Crippen LogP contribution in [0.2, 0.25) is 0 Å². The number of benzene rings is 1. The number of carboxylic acid groups (broad SMARTS) is 1. The van der Waals surface area contributed by atoms with E-state index in [0.717, 1.165) is 16.0 Å². The van der Waals surface area contributed by atoms with E-state index < -0.39 is 21.7 Å². The first-order chi connectivity index (χ1) is 6.22. The third kappa shape index (κ3) is 3.34. The van der Waals surface area contributed by atoms with Crippen molar-refractivity contribution in [3.63, 3.8) is 0 Å². The van der Waals surface area contributed by atoms with Crippen LogP contribution in [0.4, 0.5) is 0 Å². The molecule has 3 nitrogen and oxygen atoms in total.